The van der Waals surface area contributed by atoms with Gasteiger partial charge in [0.25, 0.3) is 0 Å². The SMILES string of the molecule is CC(C)C(NC(=O)C(CC(N)=O)NC(=O)C(NC(=O)C(N)CCCCN)C(C)O)C(=O)O. The summed E-state index contributed by atoms with van der Waals surface area (Å²) in [6.07, 6.45) is -0.414. The molecule has 5 unspecified atom stereocenters. The van der Waals surface area contributed by atoms with Crippen molar-refractivity contribution in [3.8, 4) is 0 Å². The molecular formula is C19H36N6O7. The van der Waals surface area contributed by atoms with Crippen molar-refractivity contribution in [2.45, 2.75) is 76.7 Å². The zero-order chi connectivity index (χ0) is 25.0. The van der Waals surface area contributed by atoms with Crippen LogP contribution in [0, 0.1) is 5.92 Å². The van der Waals surface area contributed by atoms with Gasteiger partial charge >= 0.3 is 5.97 Å². The molecule has 13 heteroatoms. The first-order valence-corrected chi connectivity index (χ1v) is 10.4. The maximum Gasteiger partial charge on any atom is 0.326 e. The first-order chi connectivity index (χ1) is 14.8. The van der Waals surface area contributed by atoms with E-state index in [1.165, 1.54) is 6.92 Å². The second-order valence-corrected chi connectivity index (χ2v) is 7.92. The highest BCUT2D eigenvalue weighted by molar-refractivity contribution is 5.96. The fourth-order valence-corrected chi connectivity index (χ4v) is 2.74. The summed E-state index contributed by atoms with van der Waals surface area (Å²) >= 11 is 0. The third kappa shape index (κ3) is 10.5. The number of unbranched alkanes of at least 4 members (excludes halogenated alkanes) is 1. The number of carboxylic acids is 1. The molecule has 0 aromatic heterocycles. The van der Waals surface area contributed by atoms with Crippen molar-refractivity contribution in [1.29, 1.82) is 0 Å². The Balaban J connectivity index is 5.35. The lowest BCUT2D eigenvalue weighted by Gasteiger charge is -2.26. The van der Waals surface area contributed by atoms with Gasteiger partial charge in [0, 0.05) is 0 Å². The number of nitrogens with one attached hydrogen (secondary N) is 3. The minimum Gasteiger partial charge on any atom is -0.480 e. The van der Waals surface area contributed by atoms with Crippen molar-refractivity contribution in [3.63, 3.8) is 0 Å². The number of hydrogen-bond acceptors (Lipinski definition) is 8. The number of aliphatic carboxylic acids is 1. The lowest BCUT2D eigenvalue weighted by atomic mass is 10.0. The van der Waals surface area contributed by atoms with Crippen molar-refractivity contribution < 1.29 is 34.2 Å². The number of aliphatic hydroxyl groups is 1. The maximum atomic E-state index is 12.7. The summed E-state index contributed by atoms with van der Waals surface area (Å²) in [7, 11) is 0. The summed E-state index contributed by atoms with van der Waals surface area (Å²) in [5, 5.41) is 26.0. The Labute approximate surface area is 186 Å². The van der Waals surface area contributed by atoms with Crippen LogP contribution >= 0.6 is 0 Å². The van der Waals surface area contributed by atoms with Gasteiger partial charge in [0.2, 0.25) is 23.6 Å². The number of rotatable bonds is 15. The second kappa shape index (κ2) is 14.3. The first kappa shape index (κ1) is 29.2. The van der Waals surface area contributed by atoms with E-state index in [1.54, 1.807) is 13.8 Å². The van der Waals surface area contributed by atoms with E-state index in [4.69, 9.17) is 17.2 Å². The van der Waals surface area contributed by atoms with Gasteiger partial charge in [-0.3, -0.25) is 19.2 Å². The molecule has 13 nitrogen and oxygen atoms in total. The Morgan fingerprint density at radius 1 is 0.875 bits per heavy atom. The van der Waals surface area contributed by atoms with Crippen LogP contribution in [0.3, 0.4) is 0 Å². The van der Waals surface area contributed by atoms with E-state index in [-0.39, 0.29) is 0 Å². The van der Waals surface area contributed by atoms with Crippen LogP contribution < -0.4 is 33.2 Å². The highest BCUT2D eigenvalue weighted by Gasteiger charge is 2.33. The minimum absolute atomic E-state index is 0.315. The Morgan fingerprint density at radius 2 is 1.44 bits per heavy atom. The lowest BCUT2D eigenvalue weighted by Crippen LogP contribution is -2.60. The molecule has 0 aliphatic heterocycles. The van der Waals surface area contributed by atoms with Gasteiger partial charge in [0.1, 0.15) is 18.1 Å². The van der Waals surface area contributed by atoms with E-state index < -0.39 is 72.2 Å². The van der Waals surface area contributed by atoms with Crippen LogP contribution in [0.25, 0.3) is 0 Å². The molecule has 184 valence electrons. The molecule has 0 saturated heterocycles. The van der Waals surface area contributed by atoms with Crippen molar-refractivity contribution in [2.75, 3.05) is 6.54 Å². The summed E-state index contributed by atoms with van der Waals surface area (Å²) in [4.78, 5) is 60.2. The zero-order valence-corrected chi connectivity index (χ0v) is 18.7. The molecule has 0 fully saturated rings. The van der Waals surface area contributed by atoms with E-state index in [9.17, 15) is 34.2 Å². The number of carbonyl (C=O) groups excluding carboxylic acids is 4. The van der Waals surface area contributed by atoms with E-state index in [2.05, 4.69) is 16.0 Å². The summed E-state index contributed by atoms with van der Waals surface area (Å²) < 4.78 is 0. The molecule has 0 saturated carbocycles. The van der Waals surface area contributed by atoms with Gasteiger partial charge in [-0.25, -0.2) is 4.79 Å². The highest BCUT2D eigenvalue weighted by Crippen LogP contribution is 2.05. The average Bonchev–Trinajstić information content (AvgIpc) is 2.67. The van der Waals surface area contributed by atoms with Crippen LogP contribution in [-0.4, -0.2) is 76.6 Å². The monoisotopic (exact) mass is 460 g/mol. The van der Waals surface area contributed by atoms with Crippen LogP contribution in [0.5, 0.6) is 0 Å². The van der Waals surface area contributed by atoms with Crippen LogP contribution in [0.4, 0.5) is 0 Å². The molecule has 4 amide bonds. The Kier molecular flexibility index (Phi) is 13.1. The molecule has 0 aliphatic rings. The molecule has 0 bridgehead atoms. The molecular weight excluding hydrogens is 424 g/mol. The second-order valence-electron chi connectivity index (χ2n) is 7.92. The number of primary amides is 1. The lowest BCUT2D eigenvalue weighted by molar-refractivity contribution is -0.143. The van der Waals surface area contributed by atoms with E-state index in [0.717, 1.165) is 0 Å². The summed E-state index contributed by atoms with van der Waals surface area (Å²) in [6.45, 7) is 4.82. The number of amides is 4. The number of carboxylic acid groups (broad SMARTS) is 1. The zero-order valence-electron chi connectivity index (χ0n) is 18.7. The topological polar surface area (TPSA) is 240 Å². The highest BCUT2D eigenvalue weighted by atomic mass is 16.4. The van der Waals surface area contributed by atoms with Gasteiger partial charge in [-0.15, -0.1) is 0 Å². The Bertz CT molecular complexity index is 671. The molecule has 0 aromatic rings. The number of hydrogen-bond donors (Lipinski definition) is 8. The van der Waals surface area contributed by atoms with Gasteiger partial charge in [-0.2, -0.15) is 0 Å². The molecule has 11 N–H and O–H groups in total. The van der Waals surface area contributed by atoms with Gasteiger partial charge < -0.3 is 43.4 Å². The van der Waals surface area contributed by atoms with E-state index >= 15 is 0 Å². The van der Waals surface area contributed by atoms with Crippen LogP contribution in [-0.2, 0) is 24.0 Å². The first-order valence-electron chi connectivity index (χ1n) is 10.4. The fourth-order valence-electron chi connectivity index (χ4n) is 2.74. The van der Waals surface area contributed by atoms with Crippen LogP contribution in [0.1, 0.15) is 46.5 Å². The molecule has 5 atom stereocenters. The van der Waals surface area contributed by atoms with Crippen molar-refractivity contribution in [2.24, 2.45) is 23.1 Å². The third-order valence-electron chi connectivity index (χ3n) is 4.64. The number of nitrogens with two attached hydrogens (primary N) is 3. The van der Waals surface area contributed by atoms with E-state index in [1.807, 2.05) is 0 Å². The maximum absolute atomic E-state index is 12.7. The third-order valence-corrected chi connectivity index (χ3v) is 4.64. The normalized spacial score (nSPS) is 15.7. The molecule has 0 aliphatic carbocycles. The fraction of sp³-hybridized carbons (Fsp3) is 0.737. The Morgan fingerprint density at radius 3 is 1.88 bits per heavy atom. The summed E-state index contributed by atoms with van der Waals surface area (Å²) in [5.41, 5.74) is 16.3. The van der Waals surface area contributed by atoms with Crippen LogP contribution in [0.2, 0.25) is 0 Å². The molecule has 0 rings (SSSR count). The molecule has 0 radical (unpaired) electrons. The number of aliphatic hydroxyl groups excluding tert-OH is 1. The average molecular weight is 461 g/mol. The molecule has 0 spiro atoms. The van der Waals surface area contributed by atoms with Crippen molar-refractivity contribution >= 4 is 29.6 Å². The predicted octanol–water partition coefficient (Wildman–Crippen LogP) is -3.11. The summed E-state index contributed by atoms with van der Waals surface area (Å²) in [6, 6.07) is -5.21. The van der Waals surface area contributed by atoms with Crippen molar-refractivity contribution in [1.82, 2.24) is 16.0 Å². The van der Waals surface area contributed by atoms with Crippen LogP contribution in [0.15, 0.2) is 0 Å². The Hall–Kier alpha value is -2.77. The van der Waals surface area contributed by atoms with Gasteiger partial charge in [0.15, 0.2) is 0 Å². The van der Waals surface area contributed by atoms with Gasteiger partial charge in [0.05, 0.1) is 18.6 Å². The molecule has 0 aromatic carbocycles. The standard InChI is InChI=1S/C19H36N6O7/c1-9(2)14(19(31)32)24-17(29)12(8-13(22)27)23-18(30)15(10(3)26)25-16(28)11(21)6-4-5-7-20/h9-12,14-15,26H,4-8,20-21H2,1-3H3,(H2,22,27)(H,23,30)(H,24,29)(H,25,28)(H,31,32). The quantitative estimate of drug-likeness (QED) is 0.115. The molecule has 32 heavy (non-hydrogen) atoms. The van der Waals surface area contributed by atoms with Gasteiger partial charge in [-0.05, 0) is 32.2 Å². The minimum atomic E-state index is -1.52. The smallest absolute Gasteiger partial charge is 0.326 e. The van der Waals surface area contributed by atoms with Gasteiger partial charge in [-0.1, -0.05) is 20.3 Å². The van der Waals surface area contributed by atoms with Crippen molar-refractivity contribution in [3.05, 3.63) is 0 Å². The molecule has 0 heterocycles. The largest absolute Gasteiger partial charge is 0.480 e. The van der Waals surface area contributed by atoms with E-state index in [0.29, 0.717) is 25.8 Å². The predicted molar refractivity (Wildman–Crippen MR) is 115 cm³/mol. The number of carbonyl (C=O) groups is 5. The summed E-state index contributed by atoms with van der Waals surface area (Å²) in [5.74, 6) is -5.32.